The third-order valence-electron chi connectivity index (χ3n) is 2.35. The zero-order valence-corrected chi connectivity index (χ0v) is 12.9. The maximum Gasteiger partial charge on any atom is 0.131 e. The van der Waals surface area contributed by atoms with Crippen molar-refractivity contribution in [1.82, 2.24) is 9.97 Å². The molecule has 0 amide bonds. The average molecular weight is 313 g/mol. The number of aliphatic imine (C=N–C) groups is 1. The number of hydrogen-bond acceptors (Lipinski definition) is 4. The smallest absolute Gasteiger partial charge is 0.131 e. The molecule has 4 nitrogen and oxygen atoms in total. The van der Waals surface area contributed by atoms with Crippen molar-refractivity contribution in [3.63, 3.8) is 0 Å². The molecule has 0 atom stereocenters. The van der Waals surface area contributed by atoms with Crippen LogP contribution in [-0.2, 0) is 39.1 Å². The van der Waals surface area contributed by atoms with Crippen LogP contribution in [0.1, 0.15) is 12.7 Å². The molecule has 0 saturated carbocycles. The Bertz CT molecular complexity index is 580. The topological polar surface area (TPSA) is 50.2 Å². The van der Waals surface area contributed by atoms with Crippen LogP contribution in [0.5, 0.6) is 0 Å². The van der Waals surface area contributed by atoms with Crippen LogP contribution >= 0.6 is 0 Å². The first kappa shape index (κ1) is 14.9. The molecule has 0 fully saturated rings. The molecule has 0 unspecified atom stereocenters. The van der Waals surface area contributed by atoms with Crippen molar-refractivity contribution in [3.05, 3.63) is 42.5 Å². The minimum Gasteiger partial charge on any atom is -0.577 e. The van der Waals surface area contributed by atoms with Gasteiger partial charge in [0.2, 0.25) is 0 Å². The van der Waals surface area contributed by atoms with Crippen molar-refractivity contribution in [2.24, 2.45) is 4.99 Å². The molecule has 0 saturated heterocycles. The molecule has 5 heteroatoms. The average Bonchev–Trinajstić information content (AvgIpc) is 2.38. The number of fused-ring (bicyclic) bond motifs is 1. The van der Waals surface area contributed by atoms with E-state index < -0.39 is 0 Å². The first-order chi connectivity index (χ1) is 8.24. The maximum atomic E-state index is 5.54. The number of benzene rings is 1. The van der Waals surface area contributed by atoms with E-state index in [2.05, 4.69) is 20.3 Å². The van der Waals surface area contributed by atoms with E-state index in [-0.39, 0.29) is 38.5 Å². The molecule has 18 heavy (non-hydrogen) atoms. The predicted molar refractivity (Wildman–Crippen MR) is 68.8 cm³/mol. The van der Waals surface area contributed by atoms with Gasteiger partial charge in [0.25, 0.3) is 0 Å². The summed E-state index contributed by atoms with van der Waals surface area (Å²) in [5.41, 5.74) is 0.867. The summed E-state index contributed by atoms with van der Waals surface area (Å²) < 4.78 is 0. The molecular formula is C13H12N4Y-2. The molecule has 0 aliphatic heterocycles. The first-order valence-corrected chi connectivity index (χ1v) is 5.30. The quantitative estimate of drug-likeness (QED) is 0.697. The Labute approximate surface area is 132 Å². The number of anilines is 1. The second kappa shape index (κ2) is 6.71. The predicted octanol–water partition coefficient (Wildman–Crippen LogP) is 2.45. The molecular weight excluding hydrogens is 301 g/mol. The maximum absolute atomic E-state index is 5.54. The van der Waals surface area contributed by atoms with Crippen molar-refractivity contribution in [1.29, 1.82) is 0 Å². The van der Waals surface area contributed by atoms with Gasteiger partial charge < -0.3 is 16.9 Å². The molecule has 0 spiro atoms. The first-order valence-electron chi connectivity index (χ1n) is 5.30. The van der Waals surface area contributed by atoms with Crippen LogP contribution in [0.25, 0.3) is 10.9 Å². The van der Waals surface area contributed by atoms with Gasteiger partial charge in [-0.2, -0.15) is 6.72 Å². The second-order valence-electron chi connectivity index (χ2n) is 3.50. The molecule has 1 radical (unpaired) electrons. The molecule has 1 N–H and O–H groups in total. The Kier molecular flexibility index (Phi) is 5.57. The number of aryl methyl sites for hydroxylation is 1. The standard InChI is InChI=1S/C13H12N4.Y/c1-4-12-16-11-8-6-5-7-10(11)13(17-12)15-9(2)14-3;/h2-3,5-8H,4H2,1H3,(H,15,16,17);/q-2;. The molecule has 89 valence electrons. The monoisotopic (exact) mass is 313 g/mol. The fraction of sp³-hybridized carbons (Fsp3) is 0.154. The summed E-state index contributed by atoms with van der Waals surface area (Å²) in [6.45, 7) is 12.6. The molecule has 0 aliphatic carbocycles. The van der Waals surface area contributed by atoms with Gasteiger partial charge in [0.05, 0.1) is 5.52 Å². The van der Waals surface area contributed by atoms with Crippen molar-refractivity contribution >= 4 is 23.4 Å². The molecule has 2 aromatic rings. The Morgan fingerprint density at radius 2 is 2.06 bits per heavy atom. The zero-order chi connectivity index (χ0) is 12.3. The third kappa shape index (κ3) is 3.21. The van der Waals surface area contributed by atoms with Crippen molar-refractivity contribution < 1.29 is 32.7 Å². The molecule has 0 bridgehead atoms. The van der Waals surface area contributed by atoms with Gasteiger partial charge in [-0.25, -0.2) is 15.8 Å². The molecule has 2 rings (SSSR count). The van der Waals surface area contributed by atoms with Crippen molar-refractivity contribution in [2.75, 3.05) is 5.32 Å². The van der Waals surface area contributed by atoms with Crippen molar-refractivity contribution in [3.8, 4) is 0 Å². The van der Waals surface area contributed by atoms with Crippen LogP contribution in [0.2, 0.25) is 0 Å². The largest absolute Gasteiger partial charge is 0.577 e. The van der Waals surface area contributed by atoms with E-state index in [1.54, 1.807) is 0 Å². The number of rotatable bonds is 4. The summed E-state index contributed by atoms with van der Waals surface area (Å²) in [5.74, 6) is 1.49. The van der Waals surface area contributed by atoms with Crippen LogP contribution in [0.3, 0.4) is 0 Å². The van der Waals surface area contributed by atoms with E-state index in [1.165, 1.54) is 0 Å². The van der Waals surface area contributed by atoms with E-state index in [4.69, 9.17) is 13.3 Å². The number of para-hydroxylation sites is 1. The van der Waals surface area contributed by atoms with Gasteiger partial charge in [0.15, 0.2) is 0 Å². The van der Waals surface area contributed by atoms with E-state index in [9.17, 15) is 0 Å². The van der Waals surface area contributed by atoms with E-state index in [1.807, 2.05) is 31.2 Å². The van der Waals surface area contributed by atoms with Gasteiger partial charge >= 0.3 is 0 Å². The fourth-order valence-electron chi connectivity index (χ4n) is 1.53. The summed E-state index contributed by atoms with van der Waals surface area (Å²) in [6, 6.07) is 7.69. The summed E-state index contributed by atoms with van der Waals surface area (Å²) in [6.07, 6.45) is 0.749. The Balaban J connectivity index is 0.00000162. The van der Waals surface area contributed by atoms with Gasteiger partial charge in [-0.1, -0.05) is 19.1 Å². The number of nitrogens with zero attached hydrogens (tertiary/aromatic N) is 3. The molecule has 1 heterocycles. The van der Waals surface area contributed by atoms with Crippen LogP contribution in [0.4, 0.5) is 5.82 Å². The summed E-state index contributed by atoms with van der Waals surface area (Å²) in [4.78, 5) is 12.2. The molecule has 0 aliphatic rings. The summed E-state index contributed by atoms with van der Waals surface area (Å²) in [5, 5.41) is 3.75. The Morgan fingerprint density at radius 3 is 2.72 bits per heavy atom. The summed E-state index contributed by atoms with van der Waals surface area (Å²) in [7, 11) is 0. The number of aromatic nitrogens is 2. The molecule has 1 aromatic carbocycles. The normalized spacial score (nSPS) is 9.61. The van der Waals surface area contributed by atoms with Gasteiger partial charge in [-0.3, -0.25) is 0 Å². The third-order valence-corrected chi connectivity index (χ3v) is 2.35. The Hall–Kier alpha value is -1.13. The van der Waals surface area contributed by atoms with Crippen molar-refractivity contribution in [2.45, 2.75) is 13.3 Å². The van der Waals surface area contributed by atoms with Crippen LogP contribution in [0, 0.1) is 6.58 Å². The van der Waals surface area contributed by atoms with Gasteiger partial charge in [0, 0.05) is 44.5 Å². The van der Waals surface area contributed by atoms with Crippen LogP contribution < -0.4 is 5.32 Å². The molecule has 1 aromatic heterocycles. The van der Waals surface area contributed by atoms with Crippen LogP contribution in [0.15, 0.2) is 35.1 Å². The minimum atomic E-state index is 0. The van der Waals surface area contributed by atoms with Gasteiger partial charge in [-0.05, 0) is 12.1 Å². The van der Waals surface area contributed by atoms with E-state index in [0.717, 1.165) is 23.1 Å². The SMILES string of the molecule is [CH-]=NC(=[CH-])Nc1nc(CC)nc2ccccc12.[Y]. The number of nitrogens with one attached hydrogen (secondary N) is 1. The van der Waals surface area contributed by atoms with E-state index >= 15 is 0 Å². The van der Waals surface area contributed by atoms with Crippen LogP contribution in [-0.4, -0.2) is 16.7 Å². The Morgan fingerprint density at radius 1 is 1.33 bits per heavy atom. The van der Waals surface area contributed by atoms with E-state index in [0.29, 0.717) is 5.82 Å². The summed E-state index contributed by atoms with van der Waals surface area (Å²) >= 11 is 0. The zero-order valence-electron chi connectivity index (χ0n) is 10.1. The number of hydrogen-bond donors (Lipinski definition) is 1. The van der Waals surface area contributed by atoms with Gasteiger partial charge in [-0.15, -0.1) is 0 Å². The minimum absolute atomic E-state index is 0. The second-order valence-corrected chi connectivity index (χ2v) is 3.50. The fourth-order valence-corrected chi connectivity index (χ4v) is 1.53. The van der Waals surface area contributed by atoms with Gasteiger partial charge in [0.1, 0.15) is 11.6 Å².